The van der Waals surface area contributed by atoms with Crippen molar-refractivity contribution in [3.05, 3.63) is 29.1 Å². The number of rotatable bonds is 5. The topological polar surface area (TPSA) is 67.2 Å². The van der Waals surface area contributed by atoms with Crippen LogP contribution < -0.4 is 5.32 Å². The monoisotopic (exact) mass is 290 g/mol. The van der Waals surface area contributed by atoms with E-state index in [0.29, 0.717) is 19.5 Å². The molecule has 0 unspecified atom stereocenters. The highest BCUT2D eigenvalue weighted by Gasteiger charge is 2.27. The molecular formula is C13H14N4O2S. The minimum absolute atomic E-state index is 0.114. The van der Waals surface area contributed by atoms with E-state index in [9.17, 15) is 9.59 Å². The average molecular weight is 290 g/mol. The minimum atomic E-state index is -0.297. The molecule has 1 aliphatic heterocycles. The average Bonchev–Trinajstić information content (AvgIpc) is 3.14. The number of hydrogen-bond donors (Lipinski definition) is 1. The van der Waals surface area contributed by atoms with Crippen LogP contribution in [0.1, 0.15) is 6.42 Å². The van der Waals surface area contributed by atoms with Gasteiger partial charge in [-0.3, -0.25) is 14.4 Å². The molecule has 3 amide bonds. The highest BCUT2D eigenvalue weighted by molar-refractivity contribution is 7.08. The Morgan fingerprint density at radius 2 is 2.20 bits per heavy atom. The van der Waals surface area contributed by atoms with Crippen molar-refractivity contribution in [2.24, 2.45) is 0 Å². The smallest absolute Gasteiger partial charge is 0.324 e. The van der Waals surface area contributed by atoms with Gasteiger partial charge in [0.2, 0.25) is 5.91 Å². The van der Waals surface area contributed by atoms with E-state index in [4.69, 9.17) is 0 Å². The molecule has 0 spiro atoms. The van der Waals surface area contributed by atoms with Crippen molar-refractivity contribution in [2.75, 3.05) is 13.1 Å². The van der Waals surface area contributed by atoms with Gasteiger partial charge >= 0.3 is 6.03 Å². The Hall–Kier alpha value is -2.15. The third kappa shape index (κ3) is 2.57. The van der Waals surface area contributed by atoms with Crippen molar-refractivity contribution >= 4 is 23.3 Å². The van der Waals surface area contributed by atoms with Gasteiger partial charge in [-0.2, -0.15) is 16.4 Å². The van der Waals surface area contributed by atoms with E-state index >= 15 is 0 Å². The number of amides is 3. The number of nitrogens with zero attached hydrogens (tertiary/aromatic N) is 3. The van der Waals surface area contributed by atoms with Crippen LogP contribution >= 0.6 is 11.3 Å². The van der Waals surface area contributed by atoms with Gasteiger partial charge in [-0.15, -0.1) is 0 Å². The summed E-state index contributed by atoms with van der Waals surface area (Å²) < 4.78 is 1.84. The highest BCUT2D eigenvalue weighted by Crippen LogP contribution is 2.19. The highest BCUT2D eigenvalue weighted by atomic mass is 32.1. The predicted octanol–water partition coefficient (Wildman–Crippen LogP) is 1.55. The summed E-state index contributed by atoms with van der Waals surface area (Å²) in [5, 5.41) is 11.1. The molecular weight excluding hydrogens is 276 g/mol. The van der Waals surface area contributed by atoms with Gasteiger partial charge in [-0.25, -0.2) is 4.79 Å². The molecule has 0 bridgehead atoms. The van der Waals surface area contributed by atoms with Crippen LogP contribution in [-0.4, -0.2) is 39.7 Å². The Morgan fingerprint density at radius 3 is 2.90 bits per heavy atom. The van der Waals surface area contributed by atoms with E-state index < -0.39 is 0 Å². The molecule has 104 valence electrons. The lowest BCUT2D eigenvalue weighted by Gasteiger charge is -2.11. The molecule has 0 saturated carbocycles. The molecule has 2 aromatic heterocycles. The molecule has 1 saturated heterocycles. The molecule has 7 heteroatoms. The summed E-state index contributed by atoms with van der Waals surface area (Å²) in [4.78, 5) is 24.0. The van der Waals surface area contributed by atoms with Crippen LogP contribution in [0.15, 0.2) is 29.1 Å². The second kappa shape index (κ2) is 5.46. The maximum absolute atomic E-state index is 11.4. The van der Waals surface area contributed by atoms with Gasteiger partial charge in [0.15, 0.2) is 0 Å². The van der Waals surface area contributed by atoms with Crippen LogP contribution in [0, 0.1) is 0 Å². The maximum Gasteiger partial charge on any atom is 0.324 e. The lowest BCUT2D eigenvalue weighted by atomic mass is 10.2. The number of urea groups is 1. The van der Waals surface area contributed by atoms with E-state index in [2.05, 4.69) is 15.8 Å². The van der Waals surface area contributed by atoms with Crippen molar-refractivity contribution in [1.29, 1.82) is 0 Å². The van der Waals surface area contributed by atoms with E-state index in [1.165, 1.54) is 4.90 Å². The molecule has 1 fully saturated rings. The second-order valence-corrected chi connectivity index (χ2v) is 5.31. The summed E-state index contributed by atoms with van der Waals surface area (Å²) in [6.45, 7) is 1.22. The zero-order valence-electron chi connectivity index (χ0n) is 10.8. The lowest BCUT2D eigenvalue weighted by molar-refractivity contribution is -0.125. The number of carbonyl (C=O) groups excluding carboxylic acids is 2. The molecule has 0 atom stereocenters. The SMILES string of the molecule is O=C1CNC(=O)N1CCCn1ccc(-c2ccsc2)n1. The summed E-state index contributed by atoms with van der Waals surface area (Å²) in [5.41, 5.74) is 2.06. The van der Waals surface area contributed by atoms with Gasteiger partial charge in [0, 0.05) is 30.2 Å². The van der Waals surface area contributed by atoms with Crippen LogP contribution in [0.4, 0.5) is 4.79 Å². The van der Waals surface area contributed by atoms with Crippen LogP contribution in [0.5, 0.6) is 0 Å². The number of thiophene rings is 1. The summed E-state index contributed by atoms with van der Waals surface area (Å²) in [5.74, 6) is -0.158. The number of hydrogen-bond acceptors (Lipinski definition) is 4. The Labute approximate surface area is 120 Å². The minimum Gasteiger partial charge on any atom is -0.329 e. The zero-order chi connectivity index (χ0) is 13.9. The maximum atomic E-state index is 11.4. The summed E-state index contributed by atoms with van der Waals surface area (Å²) in [6, 6.07) is 3.70. The Kier molecular flexibility index (Phi) is 3.51. The quantitative estimate of drug-likeness (QED) is 0.850. The Balaban J connectivity index is 1.54. The molecule has 3 heterocycles. The van der Waals surface area contributed by atoms with Crippen LogP contribution in [0.25, 0.3) is 11.3 Å². The molecule has 0 aromatic carbocycles. The largest absolute Gasteiger partial charge is 0.329 e. The first-order chi connectivity index (χ1) is 9.74. The van der Waals surface area contributed by atoms with Gasteiger partial charge in [-0.1, -0.05) is 0 Å². The first kappa shape index (κ1) is 12.9. The third-order valence-corrected chi connectivity index (χ3v) is 3.85. The molecule has 1 aliphatic rings. The van der Waals surface area contributed by atoms with Gasteiger partial charge in [0.1, 0.15) is 0 Å². The van der Waals surface area contributed by atoms with Crippen LogP contribution in [0.3, 0.4) is 0 Å². The zero-order valence-corrected chi connectivity index (χ0v) is 11.6. The van der Waals surface area contributed by atoms with Crippen molar-refractivity contribution in [2.45, 2.75) is 13.0 Å². The van der Waals surface area contributed by atoms with Gasteiger partial charge < -0.3 is 5.32 Å². The number of nitrogens with one attached hydrogen (secondary N) is 1. The first-order valence-electron chi connectivity index (χ1n) is 6.38. The molecule has 6 nitrogen and oxygen atoms in total. The van der Waals surface area contributed by atoms with Crippen molar-refractivity contribution < 1.29 is 9.59 Å². The number of carbonyl (C=O) groups is 2. The Morgan fingerprint density at radius 1 is 1.30 bits per heavy atom. The van der Waals surface area contributed by atoms with Crippen molar-refractivity contribution in [3.63, 3.8) is 0 Å². The number of imide groups is 1. The van der Waals surface area contributed by atoms with Gasteiger partial charge in [0.05, 0.1) is 12.2 Å². The summed E-state index contributed by atoms with van der Waals surface area (Å²) >= 11 is 1.64. The van der Waals surface area contributed by atoms with Gasteiger partial charge in [0.25, 0.3) is 0 Å². The summed E-state index contributed by atoms with van der Waals surface area (Å²) in [7, 11) is 0. The standard InChI is InChI=1S/C13H14N4O2S/c18-12-8-14-13(19)17(12)5-1-4-16-6-2-11(15-16)10-3-7-20-9-10/h2-3,6-7,9H,1,4-5,8H2,(H,14,19). The van der Waals surface area contributed by atoms with Gasteiger partial charge in [-0.05, 0) is 23.9 Å². The molecule has 0 radical (unpaired) electrons. The van der Waals surface area contributed by atoms with E-state index in [1.54, 1.807) is 11.3 Å². The number of aromatic nitrogens is 2. The van der Waals surface area contributed by atoms with E-state index in [1.807, 2.05) is 28.4 Å². The molecule has 0 aliphatic carbocycles. The number of aryl methyl sites for hydroxylation is 1. The van der Waals surface area contributed by atoms with E-state index in [0.717, 1.165) is 11.3 Å². The fourth-order valence-electron chi connectivity index (χ4n) is 2.12. The van der Waals surface area contributed by atoms with Crippen LogP contribution in [-0.2, 0) is 11.3 Å². The lowest BCUT2D eigenvalue weighted by Crippen LogP contribution is -2.32. The Bertz CT molecular complexity index is 604. The van der Waals surface area contributed by atoms with Crippen LogP contribution in [0.2, 0.25) is 0 Å². The van der Waals surface area contributed by atoms with Crippen molar-refractivity contribution in [3.8, 4) is 11.3 Å². The predicted molar refractivity (Wildman–Crippen MR) is 75.3 cm³/mol. The normalized spacial score (nSPS) is 14.9. The second-order valence-electron chi connectivity index (χ2n) is 4.53. The van der Waals surface area contributed by atoms with Crippen molar-refractivity contribution in [1.82, 2.24) is 20.0 Å². The molecule has 3 rings (SSSR count). The molecule has 1 N–H and O–H groups in total. The van der Waals surface area contributed by atoms with E-state index in [-0.39, 0.29) is 18.5 Å². The fourth-order valence-corrected chi connectivity index (χ4v) is 2.77. The third-order valence-electron chi connectivity index (χ3n) is 3.16. The molecule has 2 aromatic rings. The first-order valence-corrected chi connectivity index (χ1v) is 7.32. The molecule has 20 heavy (non-hydrogen) atoms. The summed E-state index contributed by atoms with van der Waals surface area (Å²) in [6.07, 6.45) is 2.61. The fraction of sp³-hybridized carbons (Fsp3) is 0.308.